The van der Waals surface area contributed by atoms with E-state index in [1.54, 1.807) is 6.20 Å². The Hall–Kier alpha value is -1.69. The summed E-state index contributed by atoms with van der Waals surface area (Å²) in [6.07, 6.45) is 3.55. The van der Waals surface area contributed by atoms with E-state index < -0.39 is 5.97 Å². The minimum atomic E-state index is -1.01. The van der Waals surface area contributed by atoms with Crippen LogP contribution in [0.5, 0.6) is 0 Å². The fourth-order valence-corrected chi connectivity index (χ4v) is 2.13. The van der Waals surface area contributed by atoms with Crippen LogP contribution >= 0.6 is 0 Å². The summed E-state index contributed by atoms with van der Waals surface area (Å²) in [6, 6.07) is 0.285. The highest BCUT2D eigenvalue weighted by Crippen LogP contribution is 2.19. The number of aromatic carboxylic acids is 1. The Bertz CT molecular complexity index is 456. The first-order valence-corrected chi connectivity index (χ1v) is 6.65. The number of nitrogens with zero attached hydrogens (tertiary/aromatic N) is 2. The first-order valence-electron chi connectivity index (χ1n) is 6.65. The maximum atomic E-state index is 11.3. The fourth-order valence-electron chi connectivity index (χ4n) is 2.13. The number of hydrogen-bond acceptors (Lipinski definition) is 5. The largest absolute Gasteiger partial charge is 0.476 e. The van der Waals surface area contributed by atoms with Gasteiger partial charge in [-0.15, -0.1) is 0 Å². The van der Waals surface area contributed by atoms with Gasteiger partial charge in [0.15, 0.2) is 5.69 Å². The van der Waals surface area contributed by atoms with Gasteiger partial charge in [-0.05, 0) is 25.9 Å². The zero-order valence-corrected chi connectivity index (χ0v) is 11.3. The van der Waals surface area contributed by atoms with E-state index in [1.807, 2.05) is 13.8 Å². The highest BCUT2D eigenvalue weighted by molar-refractivity contribution is 5.91. The molecule has 1 aliphatic rings. The molecule has 3 N–H and O–H groups in total. The van der Waals surface area contributed by atoms with Crippen LogP contribution in [-0.4, -0.2) is 40.2 Å². The van der Waals surface area contributed by atoms with Gasteiger partial charge >= 0.3 is 5.97 Å². The zero-order valence-electron chi connectivity index (χ0n) is 11.3. The van der Waals surface area contributed by atoms with Crippen molar-refractivity contribution in [1.82, 2.24) is 15.3 Å². The number of aromatic nitrogens is 2. The Balaban J connectivity index is 2.21. The number of anilines is 1. The Kier molecular flexibility index (Phi) is 4.31. The maximum absolute atomic E-state index is 11.3. The third kappa shape index (κ3) is 3.41. The molecule has 0 aliphatic carbocycles. The highest BCUT2D eigenvalue weighted by atomic mass is 16.4. The molecule has 104 valence electrons. The molecule has 0 atom stereocenters. The van der Waals surface area contributed by atoms with Crippen molar-refractivity contribution in [3.8, 4) is 0 Å². The fraction of sp³-hybridized carbons (Fsp3) is 0.615. The lowest BCUT2D eigenvalue weighted by atomic mass is 10.1. The summed E-state index contributed by atoms with van der Waals surface area (Å²) < 4.78 is 0. The second-order valence-corrected chi connectivity index (χ2v) is 5.12. The number of piperidine rings is 1. The summed E-state index contributed by atoms with van der Waals surface area (Å²) in [5.74, 6) is -0.333. The van der Waals surface area contributed by atoms with Crippen molar-refractivity contribution in [3.05, 3.63) is 17.7 Å². The van der Waals surface area contributed by atoms with Gasteiger partial charge in [0.25, 0.3) is 0 Å². The number of hydrogen-bond donors (Lipinski definition) is 3. The third-order valence-electron chi connectivity index (χ3n) is 3.23. The number of nitrogens with one attached hydrogen (secondary N) is 2. The minimum absolute atomic E-state index is 0.0669. The van der Waals surface area contributed by atoms with E-state index in [2.05, 4.69) is 20.6 Å². The van der Waals surface area contributed by atoms with Crippen molar-refractivity contribution in [2.45, 2.75) is 38.6 Å². The zero-order chi connectivity index (χ0) is 13.8. The van der Waals surface area contributed by atoms with Gasteiger partial charge in [0, 0.05) is 12.0 Å². The van der Waals surface area contributed by atoms with Crippen LogP contribution < -0.4 is 10.6 Å². The van der Waals surface area contributed by atoms with Crippen molar-refractivity contribution in [3.63, 3.8) is 0 Å². The summed E-state index contributed by atoms with van der Waals surface area (Å²) in [4.78, 5) is 19.7. The first-order chi connectivity index (χ1) is 9.08. The molecule has 1 fully saturated rings. The number of carboxylic acid groups (broad SMARTS) is 1. The van der Waals surface area contributed by atoms with Gasteiger partial charge in [0.2, 0.25) is 0 Å². The second kappa shape index (κ2) is 5.97. The van der Waals surface area contributed by atoms with Gasteiger partial charge in [0.1, 0.15) is 5.82 Å². The predicted molar refractivity (Wildman–Crippen MR) is 72.6 cm³/mol. The van der Waals surface area contributed by atoms with E-state index in [0.29, 0.717) is 11.5 Å². The SMILES string of the molecule is CC(C)c1ncc(NC2CCNCC2)c(C(=O)O)n1. The molecule has 1 aromatic heterocycles. The van der Waals surface area contributed by atoms with Crippen LogP contribution in [-0.2, 0) is 0 Å². The Morgan fingerprint density at radius 1 is 1.47 bits per heavy atom. The number of carbonyl (C=O) groups is 1. The van der Waals surface area contributed by atoms with Gasteiger partial charge in [-0.2, -0.15) is 0 Å². The standard InChI is InChI=1S/C13H20N4O2/c1-8(2)12-15-7-10(11(17-12)13(18)19)16-9-3-5-14-6-4-9/h7-9,14,16H,3-6H2,1-2H3,(H,18,19). The summed E-state index contributed by atoms with van der Waals surface area (Å²) in [5, 5.41) is 15.8. The quantitative estimate of drug-likeness (QED) is 0.763. The van der Waals surface area contributed by atoms with Crippen LogP contribution in [0.1, 0.15) is 48.9 Å². The van der Waals surface area contributed by atoms with Crippen LogP contribution in [0.4, 0.5) is 5.69 Å². The highest BCUT2D eigenvalue weighted by Gasteiger charge is 2.19. The summed E-state index contributed by atoms with van der Waals surface area (Å²) in [5.41, 5.74) is 0.584. The van der Waals surface area contributed by atoms with E-state index in [4.69, 9.17) is 0 Å². The molecule has 6 nitrogen and oxygen atoms in total. The molecule has 0 unspecified atom stereocenters. The lowest BCUT2D eigenvalue weighted by Gasteiger charge is -2.25. The molecule has 2 heterocycles. The van der Waals surface area contributed by atoms with Crippen LogP contribution in [0.2, 0.25) is 0 Å². The van der Waals surface area contributed by atoms with Gasteiger partial charge in [-0.1, -0.05) is 13.8 Å². The Morgan fingerprint density at radius 2 is 2.16 bits per heavy atom. The molecule has 1 saturated heterocycles. The Labute approximate surface area is 112 Å². The van der Waals surface area contributed by atoms with Crippen LogP contribution in [0.3, 0.4) is 0 Å². The minimum Gasteiger partial charge on any atom is -0.476 e. The van der Waals surface area contributed by atoms with Gasteiger partial charge in [-0.3, -0.25) is 0 Å². The van der Waals surface area contributed by atoms with E-state index in [0.717, 1.165) is 25.9 Å². The molecule has 6 heteroatoms. The monoisotopic (exact) mass is 264 g/mol. The van der Waals surface area contributed by atoms with Crippen LogP contribution in [0, 0.1) is 0 Å². The van der Waals surface area contributed by atoms with Crippen molar-refractivity contribution in [2.75, 3.05) is 18.4 Å². The molecule has 0 spiro atoms. The summed E-state index contributed by atoms with van der Waals surface area (Å²) >= 11 is 0. The molecule has 19 heavy (non-hydrogen) atoms. The van der Waals surface area contributed by atoms with Crippen molar-refractivity contribution >= 4 is 11.7 Å². The van der Waals surface area contributed by atoms with Crippen LogP contribution in [0.15, 0.2) is 6.20 Å². The van der Waals surface area contributed by atoms with Gasteiger partial charge in [0.05, 0.1) is 11.9 Å². The first kappa shape index (κ1) is 13.7. The number of rotatable bonds is 4. The number of carboxylic acids is 1. The molecule has 1 aromatic rings. The Morgan fingerprint density at radius 3 is 2.74 bits per heavy atom. The van der Waals surface area contributed by atoms with Crippen molar-refractivity contribution in [1.29, 1.82) is 0 Å². The molecule has 2 rings (SSSR count). The molecule has 0 bridgehead atoms. The van der Waals surface area contributed by atoms with E-state index in [-0.39, 0.29) is 17.7 Å². The maximum Gasteiger partial charge on any atom is 0.356 e. The van der Waals surface area contributed by atoms with Crippen molar-refractivity contribution in [2.24, 2.45) is 0 Å². The van der Waals surface area contributed by atoms with E-state index in [9.17, 15) is 9.90 Å². The smallest absolute Gasteiger partial charge is 0.356 e. The normalized spacial score (nSPS) is 16.6. The van der Waals surface area contributed by atoms with Crippen LogP contribution in [0.25, 0.3) is 0 Å². The average Bonchev–Trinajstić information content (AvgIpc) is 2.39. The van der Waals surface area contributed by atoms with Crippen molar-refractivity contribution < 1.29 is 9.90 Å². The lowest BCUT2D eigenvalue weighted by molar-refractivity contribution is 0.0691. The molecule has 0 radical (unpaired) electrons. The van der Waals surface area contributed by atoms with Gasteiger partial charge in [-0.25, -0.2) is 14.8 Å². The summed E-state index contributed by atoms with van der Waals surface area (Å²) in [7, 11) is 0. The summed E-state index contributed by atoms with van der Waals surface area (Å²) in [6.45, 7) is 5.79. The lowest BCUT2D eigenvalue weighted by Crippen LogP contribution is -2.35. The molecular formula is C13H20N4O2. The van der Waals surface area contributed by atoms with E-state index in [1.165, 1.54) is 0 Å². The third-order valence-corrected chi connectivity index (χ3v) is 3.23. The topological polar surface area (TPSA) is 87.1 Å². The predicted octanol–water partition coefficient (Wildman–Crippen LogP) is 1.46. The van der Waals surface area contributed by atoms with Gasteiger partial charge < -0.3 is 15.7 Å². The average molecular weight is 264 g/mol. The molecule has 1 aliphatic heterocycles. The molecule has 0 saturated carbocycles. The molecule has 0 amide bonds. The molecular weight excluding hydrogens is 244 g/mol. The van der Waals surface area contributed by atoms with E-state index >= 15 is 0 Å². The second-order valence-electron chi connectivity index (χ2n) is 5.12. The molecule has 0 aromatic carbocycles.